The first kappa shape index (κ1) is 18.1. The van der Waals surface area contributed by atoms with Crippen molar-refractivity contribution in [2.24, 2.45) is 0 Å². The van der Waals surface area contributed by atoms with Gasteiger partial charge in [0.05, 0.1) is 6.61 Å². The molecule has 1 aromatic rings. The zero-order valence-corrected chi connectivity index (χ0v) is 15.1. The number of benzene rings is 1. The molecule has 1 saturated heterocycles. The van der Waals surface area contributed by atoms with E-state index >= 15 is 0 Å². The lowest BCUT2D eigenvalue weighted by molar-refractivity contribution is -0.133. The summed E-state index contributed by atoms with van der Waals surface area (Å²) in [4.78, 5) is 16.5. The SMILES string of the molecule is Cc1cc(OCCCC(=O)N2CCCC(N(C)C)C2)ccc1Cl. The van der Waals surface area contributed by atoms with E-state index in [0.29, 0.717) is 19.1 Å². The summed E-state index contributed by atoms with van der Waals surface area (Å²) in [5.41, 5.74) is 1.00. The van der Waals surface area contributed by atoms with E-state index in [1.54, 1.807) is 0 Å². The molecule has 2 rings (SSSR count). The van der Waals surface area contributed by atoms with Crippen LogP contribution < -0.4 is 4.74 Å². The highest BCUT2D eigenvalue weighted by atomic mass is 35.5. The number of piperidine rings is 1. The zero-order chi connectivity index (χ0) is 16.8. The molecule has 1 aromatic carbocycles. The van der Waals surface area contributed by atoms with Gasteiger partial charge in [-0.1, -0.05) is 11.6 Å². The van der Waals surface area contributed by atoms with E-state index < -0.39 is 0 Å². The van der Waals surface area contributed by atoms with Crippen molar-refractivity contribution < 1.29 is 9.53 Å². The summed E-state index contributed by atoms with van der Waals surface area (Å²) < 4.78 is 5.70. The van der Waals surface area contributed by atoms with Gasteiger partial charge in [0.1, 0.15) is 5.75 Å². The number of likely N-dealkylation sites (N-methyl/N-ethyl adjacent to an activating group) is 1. The first-order valence-corrected chi connectivity index (χ1v) is 8.68. The smallest absolute Gasteiger partial charge is 0.222 e. The van der Waals surface area contributed by atoms with Crippen molar-refractivity contribution in [2.75, 3.05) is 33.8 Å². The van der Waals surface area contributed by atoms with Gasteiger partial charge >= 0.3 is 0 Å². The molecule has 0 spiro atoms. The Balaban J connectivity index is 1.71. The van der Waals surface area contributed by atoms with Gasteiger partial charge < -0.3 is 14.5 Å². The van der Waals surface area contributed by atoms with Crippen molar-refractivity contribution in [1.29, 1.82) is 0 Å². The van der Waals surface area contributed by atoms with E-state index in [-0.39, 0.29) is 5.91 Å². The molecule has 4 nitrogen and oxygen atoms in total. The van der Waals surface area contributed by atoms with Crippen LogP contribution in [0.15, 0.2) is 18.2 Å². The average molecular weight is 339 g/mol. The number of carbonyl (C=O) groups excluding carboxylic acids is 1. The van der Waals surface area contributed by atoms with Crippen molar-refractivity contribution in [3.05, 3.63) is 28.8 Å². The fourth-order valence-corrected chi connectivity index (χ4v) is 3.00. The maximum Gasteiger partial charge on any atom is 0.222 e. The summed E-state index contributed by atoms with van der Waals surface area (Å²) in [5, 5.41) is 0.744. The van der Waals surface area contributed by atoms with E-state index in [1.807, 2.05) is 30.0 Å². The van der Waals surface area contributed by atoms with Crippen molar-refractivity contribution in [3.8, 4) is 5.75 Å². The van der Waals surface area contributed by atoms with Gasteiger partial charge in [-0.05, 0) is 64.0 Å². The minimum atomic E-state index is 0.243. The summed E-state index contributed by atoms with van der Waals surface area (Å²) in [6, 6.07) is 6.12. The van der Waals surface area contributed by atoms with Gasteiger partial charge in [-0.3, -0.25) is 4.79 Å². The number of ether oxygens (including phenoxy) is 1. The van der Waals surface area contributed by atoms with Gasteiger partial charge in [0.15, 0.2) is 0 Å². The lowest BCUT2D eigenvalue weighted by Gasteiger charge is -2.36. The van der Waals surface area contributed by atoms with Crippen LogP contribution in [0.4, 0.5) is 0 Å². The fourth-order valence-electron chi connectivity index (χ4n) is 2.88. The first-order chi connectivity index (χ1) is 11.0. The Morgan fingerprint density at radius 2 is 2.22 bits per heavy atom. The van der Waals surface area contributed by atoms with Crippen LogP contribution in [0, 0.1) is 6.92 Å². The van der Waals surface area contributed by atoms with Crippen LogP contribution >= 0.6 is 11.6 Å². The summed E-state index contributed by atoms with van der Waals surface area (Å²) in [6.07, 6.45) is 3.56. The third-order valence-electron chi connectivity index (χ3n) is 4.41. The molecule has 1 aliphatic rings. The Bertz CT molecular complexity index is 534. The van der Waals surface area contributed by atoms with Crippen molar-refractivity contribution in [1.82, 2.24) is 9.80 Å². The second-order valence-corrected chi connectivity index (χ2v) is 6.87. The van der Waals surface area contributed by atoms with Gasteiger partial charge in [-0.2, -0.15) is 0 Å². The summed E-state index contributed by atoms with van der Waals surface area (Å²) in [6.45, 7) is 4.25. The van der Waals surface area contributed by atoms with Gasteiger partial charge in [0, 0.05) is 30.6 Å². The molecule has 0 aromatic heterocycles. The molecule has 1 atom stereocenters. The Morgan fingerprint density at radius 3 is 2.91 bits per heavy atom. The number of hydrogen-bond acceptors (Lipinski definition) is 3. The highest BCUT2D eigenvalue weighted by Gasteiger charge is 2.24. The molecule has 0 saturated carbocycles. The number of aryl methyl sites for hydroxylation is 1. The number of halogens is 1. The Labute approximate surface area is 144 Å². The molecular weight excluding hydrogens is 312 g/mol. The molecule has 128 valence electrons. The van der Waals surface area contributed by atoms with E-state index in [2.05, 4.69) is 19.0 Å². The standard InChI is InChI=1S/C18H27ClN2O2/c1-14-12-16(8-9-17(14)19)23-11-5-7-18(22)21-10-4-6-15(13-21)20(2)3/h8-9,12,15H,4-7,10-11,13H2,1-3H3. The van der Waals surface area contributed by atoms with E-state index in [9.17, 15) is 4.79 Å². The average Bonchev–Trinajstić information content (AvgIpc) is 2.54. The molecule has 0 bridgehead atoms. The number of nitrogens with zero attached hydrogens (tertiary/aromatic N) is 2. The van der Waals surface area contributed by atoms with Gasteiger partial charge in [0.2, 0.25) is 5.91 Å². The monoisotopic (exact) mass is 338 g/mol. The van der Waals surface area contributed by atoms with Crippen LogP contribution in [0.3, 0.4) is 0 Å². The van der Waals surface area contributed by atoms with Crippen molar-refractivity contribution in [3.63, 3.8) is 0 Å². The molecular formula is C18H27ClN2O2. The third-order valence-corrected chi connectivity index (χ3v) is 4.84. The molecule has 1 heterocycles. The van der Waals surface area contributed by atoms with Gasteiger partial charge in [-0.15, -0.1) is 0 Å². The Morgan fingerprint density at radius 1 is 1.43 bits per heavy atom. The highest BCUT2D eigenvalue weighted by molar-refractivity contribution is 6.31. The number of carbonyl (C=O) groups is 1. The Kier molecular flexibility index (Phi) is 6.72. The van der Waals surface area contributed by atoms with E-state index in [4.69, 9.17) is 16.3 Å². The number of hydrogen-bond donors (Lipinski definition) is 0. The molecule has 0 aliphatic carbocycles. The maximum absolute atomic E-state index is 12.3. The summed E-state index contributed by atoms with van der Waals surface area (Å²) >= 11 is 5.99. The number of likely N-dealkylation sites (tertiary alicyclic amines) is 1. The second kappa shape index (κ2) is 8.55. The van der Waals surface area contributed by atoms with Crippen molar-refractivity contribution >= 4 is 17.5 Å². The highest BCUT2D eigenvalue weighted by Crippen LogP contribution is 2.21. The predicted molar refractivity (Wildman–Crippen MR) is 94.2 cm³/mol. The maximum atomic E-state index is 12.3. The van der Waals surface area contributed by atoms with Crippen LogP contribution in [-0.4, -0.2) is 55.5 Å². The van der Waals surface area contributed by atoms with Crippen LogP contribution in [-0.2, 0) is 4.79 Å². The number of rotatable bonds is 6. The van der Waals surface area contributed by atoms with E-state index in [0.717, 1.165) is 42.3 Å². The molecule has 1 amide bonds. The molecule has 0 radical (unpaired) electrons. The topological polar surface area (TPSA) is 32.8 Å². The first-order valence-electron chi connectivity index (χ1n) is 8.30. The molecule has 1 aliphatic heterocycles. The van der Waals surface area contributed by atoms with Gasteiger partial charge in [0.25, 0.3) is 0 Å². The normalized spacial score (nSPS) is 18.3. The number of amides is 1. The molecule has 5 heteroatoms. The lowest BCUT2D eigenvalue weighted by Crippen LogP contribution is -2.47. The minimum absolute atomic E-state index is 0.243. The van der Waals surface area contributed by atoms with Crippen LogP contribution in [0.5, 0.6) is 5.75 Å². The second-order valence-electron chi connectivity index (χ2n) is 6.46. The molecule has 23 heavy (non-hydrogen) atoms. The van der Waals surface area contributed by atoms with Gasteiger partial charge in [-0.25, -0.2) is 0 Å². The fraction of sp³-hybridized carbons (Fsp3) is 0.611. The molecule has 1 fully saturated rings. The molecule has 1 unspecified atom stereocenters. The largest absolute Gasteiger partial charge is 0.494 e. The zero-order valence-electron chi connectivity index (χ0n) is 14.3. The van der Waals surface area contributed by atoms with E-state index in [1.165, 1.54) is 6.42 Å². The quantitative estimate of drug-likeness (QED) is 0.746. The van der Waals surface area contributed by atoms with Crippen LogP contribution in [0.2, 0.25) is 5.02 Å². The molecule has 0 N–H and O–H groups in total. The Hall–Kier alpha value is -1.26. The summed E-state index contributed by atoms with van der Waals surface area (Å²) in [7, 11) is 4.17. The summed E-state index contributed by atoms with van der Waals surface area (Å²) in [5.74, 6) is 1.05. The third kappa shape index (κ3) is 5.40. The minimum Gasteiger partial charge on any atom is -0.494 e. The van der Waals surface area contributed by atoms with Crippen molar-refractivity contribution in [2.45, 2.75) is 38.6 Å². The van der Waals surface area contributed by atoms with Crippen LogP contribution in [0.1, 0.15) is 31.2 Å². The lowest BCUT2D eigenvalue weighted by atomic mass is 10.0. The van der Waals surface area contributed by atoms with Crippen LogP contribution in [0.25, 0.3) is 0 Å². The predicted octanol–water partition coefficient (Wildman–Crippen LogP) is 3.36.